The maximum absolute atomic E-state index is 11.1. The molecular formula is C15H15BrN2O. The molecule has 19 heavy (non-hydrogen) atoms. The van der Waals surface area contributed by atoms with Crippen molar-refractivity contribution in [3.05, 3.63) is 63.6 Å². The van der Waals surface area contributed by atoms with E-state index < -0.39 is 5.91 Å². The number of carbonyl (C=O) groups excluding carboxylic acids is 1. The highest BCUT2D eigenvalue weighted by Crippen LogP contribution is 2.26. The predicted molar refractivity (Wildman–Crippen MR) is 81.2 cm³/mol. The van der Waals surface area contributed by atoms with Crippen molar-refractivity contribution in [3.63, 3.8) is 0 Å². The van der Waals surface area contributed by atoms with E-state index in [2.05, 4.69) is 21.2 Å². The van der Waals surface area contributed by atoms with Crippen LogP contribution in [0, 0.1) is 6.92 Å². The molecule has 0 bridgehead atoms. The highest BCUT2D eigenvalue weighted by atomic mass is 79.9. The number of nitrogens with one attached hydrogen (secondary N) is 1. The molecule has 0 atom stereocenters. The first-order chi connectivity index (χ1) is 9.08. The fourth-order valence-corrected chi connectivity index (χ4v) is 2.22. The Hall–Kier alpha value is -1.81. The number of carbonyl (C=O) groups is 1. The minimum absolute atomic E-state index is 0.404. The van der Waals surface area contributed by atoms with Crippen LogP contribution in [0.5, 0.6) is 0 Å². The van der Waals surface area contributed by atoms with Gasteiger partial charge in [0.2, 0.25) is 5.91 Å². The average Bonchev–Trinajstić information content (AvgIpc) is 2.41. The molecule has 2 aromatic rings. The number of aryl methyl sites for hydroxylation is 1. The van der Waals surface area contributed by atoms with Crippen LogP contribution in [0.3, 0.4) is 0 Å². The Labute approximate surface area is 121 Å². The van der Waals surface area contributed by atoms with E-state index in [0.717, 1.165) is 15.7 Å². The normalized spacial score (nSPS) is 10.2. The molecule has 0 saturated carbocycles. The van der Waals surface area contributed by atoms with Crippen molar-refractivity contribution >= 4 is 27.5 Å². The molecule has 3 N–H and O–H groups in total. The third-order valence-electron chi connectivity index (χ3n) is 2.89. The number of halogens is 1. The second-order valence-electron chi connectivity index (χ2n) is 4.35. The quantitative estimate of drug-likeness (QED) is 0.906. The van der Waals surface area contributed by atoms with Crippen LogP contribution in [0.4, 0.5) is 5.69 Å². The smallest absolute Gasteiger partial charge is 0.248 e. The highest BCUT2D eigenvalue weighted by Gasteiger charge is 2.04. The molecule has 2 aromatic carbocycles. The van der Waals surface area contributed by atoms with Crippen LogP contribution >= 0.6 is 15.9 Å². The van der Waals surface area contributed by atoms with Gasteiger partial charge in [0.25, 0.3) is 0 Å². The molecule has 0 aliphatic carbocycles. The summed E-state index contributed by atoms with van der Waals surface area (Å²) in [5, 5.41) is 3.34. The van der Waals surface area contributed by atoms with Crippen molar-refractivity contribution < 1.29 is 4.79 Å². The Balaban J connectivity index is 2.12. The van der Waals surface area contributed by atoms with E-state index in [1.165, 1.54) is 5.56 Å². The third kappa shape index (κ3) is 3.35. The molecular weight excluding hydrogens is 304 g/mol. The SMILES string of the molecule is Cc1cccc(NCc2cccc(C(N)=O)c2)c1Br. The molecule has 0 aromatic heterocycles. The Morgan fingerprint density at radius 2 is 2.00 bits per heavy atom. The number of primary amides is 1. The zero-order valence-electron chi connectivity index (χ0n) is 10.6. The minimum Gasteiger partial charge on any atom is -0.380 e. The van der Waals surface area contributed by atoms with Crippen LogP contribution in [-0.4, -0.2) is 5.91 Å². The number of rotatable bonds is 4. The van der Waals surface area contributed by atoms with E-state index in [1.54, 1.807) is 12.1 Å². The summed E-state index contributed by atoms with van der Waals surface area (Å²) in [6, 6.07) is 13.4. The summed E-state index contributed by atoms with van der Waals surface area (Å²) in [6.45, 7) is 2.69. The number of anilines is 1. The van der Waals surface area contributed by atoms with Crippen molar-refractivity contribution in [1.82, 2.24) is 0 Å². The highest BCUT2D eigenvalue weighted by molar-refractivity contribution is 9.10. The summed E-state index contributed by atoms with van der Waals surface area (Å²) in [5.41, 5.74) is 9.02. The molecule has 2 rings (SSSR count). The number of benzene rings is 2. The predicted octanol–water partition coefficient (Wildman–Crippen LogP) is 3.47. The van der Waals surface area contributed by atoms with E-state index in [4.69, 9.17) is 5.73 Å². The minimum atomic E-state index is -0.404. The maximum atomic E-state index is 11.1. The van der Waals surface area contributed by atoms with Gasteiger partial charge in [-0.15, -0.1) is 0 Å². The van der Waals surface area contributed by atoms with Gasteiger partial charge in [-0.3, -0.25) is 4.79 Å². The van der Waals surface area contributed by atoms with Crippen molar-refractivity contribution in [2.75, 3.05) is 5.32 Å². The Bertz CT molecular complexity index is 611. The van der Waals surface area contributed by atoms with Gasteiger partial charge in [-0.25, -0.2) is 0 Å². The average molecular weight is 319 g/mol. The summed E-state index contributed by atoms with van der Waals surface area (Å²) in [7, 11) is 0. The third-order valence-corrected chi connectivity index (χ3v) is 3.94. The number of hydrogen-bond donors (Lipinski definition) is 2. The van der Waals surface area contributed by atoms with E-state index in [-0.39, 0.29) is 0 Å². The lowest BCUT2D eigenvalue weighted by atomic mass is 10.1. The molecule has 0 aliphatic heterocycles. The van der Waals surface area contributed by atoms with E-state index in [0.29, 0.717) is 12.1 Å². The van der Waals surface area contributed by atoms with Gasteiger partial charge in [0.15, 0.2) is 0 Å². The van der Waals surface area contributed by atoms with Gasteiger partial charge in [0, 0.05) is 22.3 Å². The molecule has 0 spiro atoms. The van der Waals surface area contributed by atoms with E-state index >= 15 is 0 Å². The zero-order valence-corrected chi connectivity index (χ0v) is 12.2. The number of hydrogen-bond acceptors (Lipinski definition) is 2. The van der Waals surface area contributed by atoms with Crippen LogP contribution in [0.1, 0.15) is 21.5 Å². The van der Waals surface area contributed by atoms with Crippen LogP contribution in [0.25, 0.3) is 0 Å². The molecule has 0 saturated heterocycles. The molecule has 1 amide bonds. The summed E-state index contributed by atoms with van der Waals surface area (Å²) in [5.74, 6) is -0.404. The largest absolute Gasteiger partial charge is 0.380 e. The second-order valence-corrected chi connectivity index (χ2v) is 5.15. The van der Waals surface area contributed by atoms with Crippen molar-refractivity contribution in [3.8, 4) is 0 Å². The number of amides is 1. The summed E-state index contributed by atoms with van der Waals surface area (Å²) < 4.78 is 1.06. The molecule has 0 unspecified atom stereocenters. The molecule has 0 fully saturated rings. The molecule has 4 heteroatoms. The van der Waals surface area contributed by atoms with E-state index in [9.17, 15) is 4.79 Å². The molecule has 98 valence electrons. The van der Waals surface area contributed by atoms with Gasteiger partial charge in [-0.05, 0) is 52.2 Å². The maximum Gasteiger partial charge on any atom is 0.248 e. The molecule has 0 aliphatic rings. The lowest BCUT2D eigenvalue weighted by molar-refractivity contribution is 0.1000. The molecule has 0 radical (unpaired) electrons. The monoisotopic (exact) mass is 318 g/mol. The van der Waals surface area contributed by atoms with Gasteiger partial charge in [0.05, 0.1) is 0 Å². The van der Waals surface area contributed by atoms with Gasteiger partial charge in [0.1, 0.15) is 0 Å². The lowest BCUT2D eigenvalue weighted by Crippen LogP contribution is -2.11. The van der Waals surface area contributed by atoms with Gasteiger partial charge in [-0.2, -0.15) is 0 Å². The number of nitrogens with two attached hydrogens (primary N) is 1. The van der Waals surface area contributed by atoms with E-state index in [1.807, 2.05) is 37.3 Å². The van der Waals surface area contributed by atoms with Crippen molar-refractivity contribution in [2.45, 2.75) is 13.5 Å². The molecule has 3 nitrogen and oxygen atoms in total. The van der Waals surface area contributed by atoms with Crippen LogP contribution in [0.15, 0.2) is 46.9 Å². The topological polar surface area (TPSA) is 55.1 Å². The first-order valence-corrected chi connectivity index (χ1v) is 6.75. The van der Waals surface area contributed by atoms with Crippen LogP contribution in [-0.2, 0) is 6.54 Å². The lowest BCUT2D eigenvalue weighted by Gasteiger charge is -2.10. The van der Waals surface area contributed by atoms with Crippen molar-refractivity contribution in [1.29, 1.82) is 0 Å². The standard InChI is InChI=1S/C15H15BrN2O/c1-10-4-2-7-13(14(10)16)18-9-11-5-3-6-12(8-11)15(17)19/h2-8,18H,9H2,1H3,(H2,17,19). The van der Waals surface area contributed by atoms with Gasteiger partial charge < -0.3 is 11.1 Å². The first-order valence-electron chi connectivity index (χ1n) is 5.95. The van der Waals surface area contributed by atoms with Gasteiger partial charge in [-0.1, -0.05) is 24.3 Å². The van der Waals surface area contributed by atoms with Crippen LogP contribution < -0.4 is 11.1 Å². The fraction of sp³-hybridized carbons (Fsp3) is 0.133. The zero-order chi connectivity index (χ0) is 13.8. The summed E-state index contributed by atoms with van der Waals surface area (Å²) >= 11 is 3.55. The van der Waals surface area contributed by atoms with Crippen molar-refractivity contribution in [2.24, 2.45) is 5.73 Å². The van der Waals surface area contributed by atoms with Gasteiger partial charge >= 0.3 is 0 Å². The second kappa shape index (κ2) is 5.89. The fourth-order valence-electron chi connectivity index (χ4n) is 1.82. The summed E-state index contributed by atoms with van der Waals surface area (Å²) in [4.78, 5) is 11.1. The summed E-state index contributed by atoms with van der Waals surface area (Å²) in [6.07, 6.45) is 0. The Morgan fingerprint density at radius 1 is 1.26 bits per heavy atom. The molecule has 0 heterocycles. The Morgan fingerprint density at radius 3 is 2.74 bits per heavy atom. The Kier molecular flexibility index (Phi) is 4.22. The van der Waals surface area contributed by atoms with Crippen LogP contribution in [0.2, 0.25) is 0 Å². The first kappa shape index (κ1) is 13.6.